The van der Waals surface area contributed by atoms with Crippen molar-refractivity contribution in [1.29, 1.82) is 0 Å². The molecule has 1 aromatic carbocycles. The lowest BCUT2D eigenvalue weighted by Gasteiger charge is -2.67. The number of nitrogens with one attached hydrogen (secondary N) is 1. The van der Waals surface area contributed by atoms with E-state index in [0.717, 1.165) is 25.1 Å². The maximum absolute atomic E-state index is 13.3. The number of benzene rings is 1. The molecule has 2 bridgehead atoms. The van der Waals surface area contributed by atoms with Crippen molar-refractivity contribution in [1.82, 2.24) is 14.5 Å². The first-order chi connectivity index (χ1) is 15.6. The summed E-state index contributed by atoms with van der Waals surface area (Å²) in [5.41, 5.74) is 0.921. The number of terminal acetylenes is 1. The third-order valence-corrected chi connectivity index (χ3v) is 7.32. The Morgan fingerprint density at radius 2 is 1.97 bits per heavy atom. The third-order valence-electron chi connectivity index (χ3n) is 6.89. The molecular weight excluding hydrogens is 463 g/mol. The Morgan fingerprint density at radius 3 is 2.61 bits per heavy atom. The molecule has 9 heteroatoms. The lowest BCUT2D eigenvalue weighted by Crippen LogP contribution is -2.65. The molecule has 0 saturated heterocycles. The molecule has 2 aromatic heterocycles. The molecule has 0 amide bonds. The van der Waals surface area contributed by atoms with E-state index in [1.165, 1.54) is 6.07 Å². The van der Waals surface area contributed by atoms with Gasteiger partial charge in [0.1, 0.15) is 11.0 Å². The Kier molecular flexibility index (Phi) is 4.75. The highest BCUT2D eigenvalue weighted by Gasteiger charge is 2.69. The number of halogens is 2. The van der Waals surface area contributed by atoms with Crippen molar-refractivity contribution in [3.8, 4) is 12.3 Å². The largest absolute Gasteiger partial charge is 0.476 e. The molecule has 0 aliphatic heterocycles. The smallest absolute Gasteiger partial charge is 0.356 e. The van der Waals surface area contributed by atoms with Crippen LogP contribution in [0.3, 0.4) is 0 Å². The van der Waals surface area contributed by atoms with Crippen LogP contribution in [0.25, 0.3) is 10.9 Å². The topological polar surface area (TPSA) is 97.1 Å². The fourth-order valence-electron chi connectivity index (χ4n) is 5.37. The second-order valence-electron chi connectivity index (χ2n) is 9.13. The second kappa shape index (κ2) is 7.21. The molecule has 0 radical (unpaired) electrons. The maximum atomic E-state index is 13.3. The number of pyridine rings is 1. The van der Waals surface area contributed by atoms with Crippen molar-refractivity contribution >= 4 is 45.8 Å². The first-order valence-electron chi connectivity index (χ1n) is 10.4. The zero-order valence-electron chi connectivity index (χ0n) is 17.9. The number of aromatic carboxylic acids is 1. The molecule has 2 heterocycles. The van der Waals surface area contributed by atoms with E-state index in [1.807, 2.05) is 6.92 Å². The normalized spacial score (nSPS) is 23.8. The Bertz CT molecular complexity index is 1440. The average molecular weight is 483 g/mol. The van der Waals surface area contributed by atoms with Gasteiger partial charge in [0.05, 0.1) is 22.6 Å². The van der Waals surface area contributed by atoms with E-state index in [0.29, 0.717) is 27.2 Å². The number of hydrogen-bond donors (Lipinski definition) is 2. The highest BCUT2D eigenvalue weighted by molar-refractivity contribution is 6.31. The van der Waals surface area contributed by atoms with Crippen LogP contribution in [0.5, 0.6) is 0 Å². The summed E-state index contributed by atoms with van der Waals surface area (Å²) >= 11 is 12.2. The van der Waals surface area contributed by atoms with Crippen LogP contribution in [0.15, 0.2) is 29.1 Å². The highest BCUT2D eigenvalue weighted by Crippen LogP contribution is 2.72. The van der Waals surface area contributed by atoms with E-state index in [-0.39, 0.29) is 27.2 Å². The van der Waals surface area contributed by atoms with Crippen LogP contribution in [-0.4, -0.2) is 25.6 Å². The Morgan fingerprint density at radius 1 is 1.27 bits per heavy atom. The van der Waals surface area contributed by atoms with Crippen LogP contribution >= 0.6 is 23.2 Å². The number of carboxylic acids is 1. The van der Waals surface area contributed by atoms with Crippen molar-refractivity contribution in [2.45, 2.75) is 37.6 Å². The average Bonchev–Trinajstić information content (AvgIpc) is 2.71. The van der Waals surface area contributed by atoms with E-state index >= 15 is 0 Å². The standard InChI is InChI=1S/C24H20Cl2N4O3/c1-4-23-9-24(10-23,11-23)22-29-18-14(7-13(25)8-15(18)20(31)30(22)3)12(2)27-16-5-6-17(26)28-19(16)21(32)33/h1,5-8,12,27H,9-11H2,2-3H3,(H,32,33)/t12-,23?,24?/m1/s1. The number of carboxylic acid groups (broad SMARTS) is 1. The number of fused-ring (bicyclic) bond motifs is 1. The summed E-state index contributed by atoms with van der Waals surface area (Å²) in [6, 6.07) is 6.00. The molecular formula is C24H20Cl2N4O3. The third kappa shape index (κ3) is 3.20. The van der Waals surface area contributed by atoms with Gasteiger partial charge in [-0.15, -0.1) is 6.42 Å². The molecule has 3 fully saturated rings. The van der Waals surface area contributed by atoms with Crippen LogP contribution in [-0.2, 0) is 12.5 Å². The van der Waals surface area contributed by atoms with E-state index in [1.54, 1.807) is 29.8 Å². The summed E-state index contributed by atoms with van der Waals surface area (Å²) in [5, 5.41) is 13.6. The zero-order chi connectivity index (χ0) is 23.7. The summed E-state index contributed by atoms with van der Waals surface area (Å²) in [6.45, 7) is 1.85. The van der Waals surface area contributed by atoms with Crippen LogP contribution < -0.4 is 10.9 Å². The van der Waals surface area contributed by atoms with E-state index in [2.05, 4.69) is 16.2 Å². The molecule has 0 unspecified atom stereocenters. The Labute approximate surface area is 199 Å². The number of anilines is 1. The van der Waals surface area contributed by atoms with Gasteiger partial charge in [0, 0.05) is 28.5 Å². The van der Waals surface area contributed by atoms with Gasteiger partial charge in [0.25, 0.3) is 5.56 Å². The van der Waals surface area contributed by atoms with Crippen molar-refractivity contribution in [2.75, 3.05) is 5.32 Å². The van der Waals surface area contributed by atoms with Gasteiger partial charge in [-0.2, -0.15) is 0 Å². The highest BCUT2D eigenvalue weighted by atomic mass is 35.5. The molecule has 33 heavy (non-hydrogen) atoms. The van der Waals surface area contributed by atoms with Gasteiger partial charge in [-0.05, 0) is 50.5 Å². The zero-order valence-corrected chi connectivity index (χ0v) is 19.5. The van der Waals surface area contributed by atoms with Gasteiger partial charge in [-0.25, -0.2) is 14.8 Å². The molecule has 0 spiro atoms. The second-order valence-corrected chi connectivity index (χ2v) is 9.95. The molecule has 2 N–H and O–H groups in total. The molecule has 6 rings (SSSR count). The molecule has 7 nitrogen and oxygen atoms in total. The molecule has 3 aromatic rings. The SMILES string of the molecule is C#CC12CC(c3nc4c([C@@H](C)Nc5ccc(Cl)nc5C(=O)O)cc(Cl)cc4c(=O)n3C)(C1)C2. The number of hydrogen-bond acceptors (Lipinski definition) is 5. The monoisotopic (exact) mass is 482 g/mol. The molecule has 3 saturated carbocycles. The van der Waals surface area contributed by atoms with E-state index in [4.69, 9.17) is 34.6 Å². The fraction of sp³-hybridized carbons (Fsp3) is 0.333. The van der Waals surface area contributed by atoms with Crippen LogP contribution in [0, 0.1) is 17.8 Å². The van der Waals surface area contributed by atoms with Gasteiger partial charge in [-0.1, -0.05) is 29.1 Å². The summed E-state index contributed by atoms with van der Waals surface area (Å²) < 4.78 is 1.60. The fourth-order valence-corrected chi connectivity index (χ4v) is 5.75. The maximum Gasteiger partial charge on any atom is 0.356 e. The van der Waals surface area contributed by atoms with Crippen LogP contribution in [0.2, 0.25) is 10.2 Å². The summed E-state index contributed by atoms with van der Waals surface area (Å²) in [6.07, 6.45) is 8.17. The molecule has 168 valence electrons. The minimum atomic E-state index is -1.21. The molecule has 3 aliphatic carbocycles. The summed E-state index contributed by atoms with van der Waals surface area (Å²) in [5.74, 6) is 2.41. The van der Waals surface area contributed by atoms with Gasteiger partial charge in [-0.3, -0.25) is 9.36 Å². The van der Waals surface area contributed by atoms with Gasteiger partial charge < -0.3 is 10.4 Å². The number of carbonyl (C=O) groups is 1. The number of nitrogens with zero attached hydrogens (tertiary/aromatic N) is 3. The Balaban J connectivity index is 1.61. The quantitative estimate of drug-likeness (QED) is 0.408. The van der Waals surface area contributed by atoms with Crippen molar-refractivity contribution in [2.24, 2.45) is 12.5 Å². The van der Waals surface area contributed by atoms with E-state index < -0.39 is 12.0 Å². The summed E-state index contributed by atoms with van der Waals surface area (Å²) in [7, 11) is 1.73. The van der Waals surface area contributed by atoms with Crippen LogP contribution in [0.4, 0.5) is 5.69 Å². The van der Waals surface area contributed by atoms with Crippen LogP contribution in [0.1, 0.15) is 54.1 Å². The van der Waals surface area contributed by atoms with Gasteiger partial charge >= 0.3 is 5.97 Å². The van der Waals surface area contributed by atoms with Gasteiger partial charge in [0.15, 0.2) is 5.69 Å². The minimum Gasteiger partial charge on any atom is -0.476 e. The van der Waals surface area contributed by atoms with Crippen molar-refractivity contribution in [3.63, 3.8) is 0 Å². The number of aromatic nitrogens is 3. The van der Waals surface area contributed by atoms with Crippen molar-refractivity contribution < 1.29 is 9.90 Å². The van der Waals surface area contributed by atoms with Crippen molar-refractivity contribution in [3.05, 3.63) is 61.9 Å². The van der Waals surface area contributed by atoms with Gasteiger partial charge in [0.2, 0.25) is 0 Å². The lowest BCUT2D eigenvalue weighted by atomic mass is 9.35. The van der Waals surface area contributed by atoms with E-state index in [9.17, 15) is 14.7 Å². The Hall–Kier alpha value is -3.08. The molecule has 1 atom stereocenters. The molecule has 3 aliphatic rings. The predicted octanol–water partition coefficient (Wildman–Crippen LogP) is 4.56. The lowest BCUT2D eigenvalue weighted by molar-refractivity contribution is -0.0990. The first-order valence-corrected chi connectivity index (χ1v) is 11.2. The first kappa shape index (κ1) is 21.7. The predicted molar refractivity (Wildman–Crippen MR) is 127 cm³/mol. The summed E-state index contributed by atoms with van der Waals surface area (Å²) in [4.78, 5) is 33.8. The minimum absolute atomic E-state index is 0.0564. The number of rotatable bonds is 5.